The Hall–Kier alpha value is -3.22. The molecule has 0 spiro atoms. The van der Waals surface area contributed by atoms with Crippen molar-refractivity contribution < 1.29 is 4.79 Å². The highest BCUT2D eigenvalue weighted by atomic mass is 32.1. The summed E-state index contributed by atoms with van der Waals surface area (Å²) < 4.78 is 2.08. The van der Waals surface area contributed by atoms with Crippen molar-refractivity contribution in [1.82, 2.24) is 20.0 Å². The molecule has 6 rings (SSSR count). The third-order valence-electron chi connectivity index (χ3n) is 7.22. The number of rotatable bonds is 5. The monoisotopic (exact) mass is 482 g/mol. The number of carbonyl (C=O) groups excluding carboxylic acids is 1. The van der Waals surface area contributed by atoms with Gasteiger partial charge in [0.05, 0.1) is 22.0 Å². The summed E-state index contributed by atoms with van der Waals surface area (Å²) in [5.41, 5.74) is 7.22. The molecular formula is C29H30N4OS. The van der Waals surface area contributed by atoms with Crippen LogP contribution in [0.25, 0.3) is 16.1 Å². The summed E-state index contributed by atoms with van der Waals surface area (Å²) in [6.45, 7) is 5.09. The largest absolute Gasteiger partial charge is 0.349 e. The first kappa shape index (κ1) is 22.3. The van der Waals surface area contributed by atoms with Crippen LogP contribution in [-0.2, 0) is 19.4 Å². The number of carbonyl (C=O) groups is 1. The SMILES string of the molecule is Cc1nn(-c2ccccc2)c2c1-c1sc(C(=O)NC3CCN(Cc4ccccc4)CC3)cc1CC2. The molecule has 3 heterocycles. The van der Waals surface area contributed by atoms with Crippen LogP contribution < -0.4 is 5.32 Å². The zero-order chi connectivity index (χ0) is 23.8. The molecule has 0 atom stereocenters. The van der Waals surface area contributed by atoms with Crippen molar-refractivity contribution in [3.05, 3.63) is 94.1 Å². The molecule has 35 heavy (non-hydrogen) atoms. The molecule has 1 amide bonds. The van der Waals surface area contributed by atoms with E-state index in [0.29, 0.717) is 0 Å². The number of aromatic nitrogens is 2. The smallest absolute Gasteiger partial charge is 0.261 e. The lowest BCUT2D eigenvalue weighted by molar-refractivity contribution is 0.0913. The molecule has 2 aliphatic rings. The number of hydrogen-bond acceptors (Lipinski definition) is 4. The van der Waals surface area contributed by atoms with Crippen molar-refractivity contribution in [2.45, 2.75) is 45.2 Å². The second-order valence-corrected chi connectivity index (χ2v) is 10.7. The minimum atomic E-state index is 0.0700. The van der Waals surface area contributed by atoms with E-state index in [9.17, 15) is 4.79 Å². The fourth-order valence-corrected chi connectivity index (χ4v) is 6.64. The Labute approximate surface area is 210 Å². The van der Waals surface area contributed by atoms with Gasteiger partial charge in [-0.25, -0.2) is 4.68 Å². The summed E-state index contributed by atoms with van der Waals surface area (Å²) in [5, 5.41) is 8.19. The number of hydrogen-bond donors (Lipinski definition) is 1. The van der Waals surface area contributed by atoms with Crippen molar-refractivity contribution in [2.75, 3.05) is 13.1 Å². The summed E-state index contributed by atoms with van der Waals surface area (Å²) in [5.74, 6) is 0.0700. The molecule has 1 aliphatic carbocycles. The van der Waals surface area contributed by atoms with Gasteiger partial charge in [-0.3, -0.25) is 9.69 Å². The number of thiophene rings is 1. The summed E-state index contributed by atoms with van der Waals surface area (Å²) >= 11 is 1.62. The van der Waals surface area contributed by atoms with Gasteiger partial charge in [0, 0.05) is 36.1 Å². The molecule has 178 valence electrons. The van der Waals surface area contributed by atoms with Crippen LogP contribution in [0.4, 0.5) is 0 Å². The fourth-order valence-electron chi connectivity index (χ4n) is 5.41. The van der Waals surface area contributed by atoms with Crippen LogP contribution in [0.1, 0.15) is 45.0 Å². The van der Waals surface area contributed by atoms with E-state index in [1.54, 1.807) is 11.3 Å². The molecule has 1 saturated heterocycles. The molecule has 0 radical (unpaired) electrons. The van der Waals surface area contributed by atoms with Gasteiger partial charge in [-0.05, 0) is 61.9 Å². The quantitative estimate of drug-likeness (QED) is 0.414. The van der Waals surface area contributed by atoms with E-state index in [4.69, 9.17) is 5.10 Å². The molecule has 0 bridgehead atoms. The summed E-state index contributed by atoms with van der Waals surface area (Å²) in [6, 6.07) is 23.3. The first-order chi connectivity index (χ1) is 17.2. The molecule has 0 saturated carbocycles. The number of aryl methyl sites for hydroxylation is 2. The van der Waals surface area contributed by atoms with E-state index in [1.165, 1.54) is 27.3 Å². The maximum atomic E-state index is 13.2. The number of likely N-dealkylation sites (tertiary alicyclic amines) is 1. The molecule has 0 unspecified atom stereocenters. The fraction of sp³-hybridized carbons (Fsp3) is 0.310. The van der Waals surface area contributed by atoms with Gasteiger partial charge in [0.2, 0.25) is 0 Å². The molecule has 1 fully saturated rings. The lowest BCUT2D eigenvalue weighted by atomic mass is 9.95. The lowest BCUT2D eigenvalue weighted by Crippen LogP contribution is -2.44. The van der Waals surface area contributed by atoms with Gasteiger partial charge in [-0.1, -0.05) is 48.5 Å². The number of piperidine rings is 1. The van der Waals surface area contributed by atoms with Crippen LogP contribution in [-0.4, -0.2) is 39.7 Å². The van der Waals surface area contributed by atoms with E-state index < -0.39 is 0 Å². The molecule has 1 aliphatic heterocycles. The second kappa shape index (κ2) is 9.44. The van der Waals surface area contributed by atoms with Crippen molar-refractivity contribution in [1.29, 1.82) is 0 Å². The minimum Gasteiger partial charge on any atom is -0.349 e. The first-order valence-corrected chi connectivity index (χ1v) is 13.3. The average molecular weight is 483 g/mol. The first-order valence-electron chi connectivity index (χ1n) is 12.5. The third kappa shape index (κ3) is 4.44. The summed E-state index contributed by atoms with van der Waals surface area (Å²) in [6.07, 6.45) is 3.88. The number of fused-ring (bicyclic) bond motifs is 3. The number of benzene rings is 2. The van der Waals surface area contributed by atoms with E-state index in [1.807, 2.05) is 18.2 Å². The molecule has 5 nitrogen and oxygen atoms in total. The normalized spacial score (nSPS) is 16.0. The molecule has 2 aromatic carbocycles. The van der Waals surface area contributed by atoms with Gasteiger partial charge < -0.3 is 5.32 Å². The second-order valence-electron chi connectivity index (χ2n) is 9.63. The molecule has 6 heteroatoms. The Morgan fingerprint density at radius 2 is 1.74 bits per heavy atom. The van der Waals surface area contributed by atoms with E-state index in [0.717, 1.165) is 61.6 Å². The maximum absolute atomic E-state index is 13.2. The number of nitrogens with one attached hydrogen (secondary N) is 1. The molecule has 4 aromatic rings. The van der Waals surface area contributed by atoms with Crippen molar-refractivity contribution in [2.24, 2.45) is 0 Å². The average Bonchev–Trinajstić information content (AvgIpc) is 3.48. The van der Waals surface area contributed by atoms with Crippen LogP contribution in [0.15, 0.2) is 66.7 Å². The number of para-hydroxylation sites is 1. The van der Waals surface area contributed by atoms with Crippen molar-refractivity contribution >= 4 is 17.2 Å². The highest BCUT2D eigenvalue weighted by molar-refractivity contribution is 7.17. The standard InChI is InChI=1S/C29H30N4OS/c1-20-27-25(33(31-20)24-10-6-3-7-11-24)13-12-22-18-26(35-28(22)27)29(34)30-23-14-16-32(17-15-23)19-21-8-4-2-5-9-21/h2-11,18,23H,12-17,19H2,1H3,(H,30,34). The van der Waals surface area contributed by atoms with E-state index in [-0.39, 0.29) is 11.9 Å². The highest BCUT2D eigenvalue weighted by Gasteiger charge is 2.28. The van der Waals surface area contributed by atoms with Crippen LogP contribution in [0, 0.1) is 6.92 Å². The zero-order valence-electron chi connectivity index (χ0n) is 20.0. The van der Waals surface area contributed by atoms with E-state index in [2.05, 4.69) is 70.4 Å². The highest BCUT2D eigenvalue weighted by Crippen LogP contribution is 2.42. The maximum Gasteiger partial charge on any atom is 0.261 e. The van der Waals surface area contributed by atoms with Gasteiger partial charge in [-0.2, -0.15) is 5.10 Å². The van der Waals surface area contributed by atoms with Crippen LogP contribution in [0.3, 0.4) is 0 Å². The van der Waals surface area contributed by atoms with Gasteiger partial charge in [0.15, 0.2) is 0 Å². The van der Waals surface area contributed by atoms with E-state index >= 15 is 0 Å². The Bertz CT molecular complexity index is 1330. The lowest BCUT2D eigenvalue weighted by Gasteiger charge is -2.32. The number of nitrogens with zero attached hydrogens (tertiary/aromatic N) is 3. The van der Waals surface area contributed by atoms with Gasteiger partial charge in [0.1, 0.15) is 0 Å². The van der Waals surface area contributed by atoms with Crippen LogP contribution >= 0.6 is 11.3 Å². The summed E-state index contributed by atoms with van der Waals surface area (Å²) in [4.78, 5) is 17.7. The Kier molecular flexibility index (Phi) is 6.00. The molecule has 2 aromatic heterocycles. The number of amides is 1. The predicted octanol–water partition coefficient (Wildman–Crippen LogP) is 5.40. The summed E-state index contributed by atoms with van der Waals surface area (Å²) in [7, 11) is 0. The van der Waals surface area contributed by atoms with Gasteiger partial charge >= 0.3 is 0 Å². The minimum absolute atomic E-state index is 0.0700. The third-order valence-corrected chi connectivity index (χ3v) is 8.41. The topological polar surface area (TPSA) is 50.2 Å². The van der Waals surface area contributed by atoms with Gasteiger partial charge in [-0.15, -0.1) is 11.3 Å². The van der Waals surface area contributed by atoms with Gasteiger partial charge in [0.25, 0.3) is 5.91 Å². The van der Waals surface area contributed by atoms with Crippen molar-refractivity contribution in [3.8, 4) is 16.1 Å². The molecule has 1 N–H and O–H groups in total. The van der Waals surface area contributed by atoms with Crippen molar-refractivity contribution in [3.63, 3.8) is 0 Å². The molecular weight excluding hydrogens is 452 g/mol. The van der Waals surface area contributed by atoms with Crippen LogP contribution in [0.5, 0.6) is 0 Å². The predicted molar refractivity (Wildman–Crippen MR) is 141 cm³/mol. The van der Waals surface area contributed by atoms with Crippen LogP contribution in [0.2, 0.25) is 0 Å². The Morgan fingerprint density at radius 3 is 2.49 bits per heavy atom. The zero-order valence-corrected chi connectivity index (χ0v) is 20.9. The Balaban J connectivity index is 1.14. The Morgan fingerprint density at radius 1 is 1.03 bits per heavy atom.